The molecule has 3 nitrogen and oxygen atoms in total. The SMILES string of the molecule is O=C(CCCc1ccccc1)N(CCO)C1CCC1. The second-order valence-corrected chi connectivity index (χ2v) is 5.23. The Morgan fingerprint density at radius 2 is 2.00 bits per heavy atom. The van der Waals surface area contributed by atoms with Gasteiger partial charge in [-0.05, 0) is 37.7 Å². The number of nitrogens with zero attached hydrogens (tertiary/aromatic N) is 1. The molecule has 0 aromatic heterocycles. The van der Waals surface area contributed by atoms with Crippen LogP contribution in [0.3, 0.4) is 0 Å². The van der Waals surface area contributed by atoms with Crippen LogP contribution in [-0.2, 0) is 11.2 Å². The fourth-order valence-electron chi connectivity index (χ4n) is 2.55. The molecule has 0 unspecified atom stereocenters. The Hall–Kier alpha value is -1.35. The van der Waals surface area contributed by atoms with Crippen LogP contribution in [0, 0.1) is 0 Å². The molecule has 0 heterocycles. The smallest absolute Gasteiger partial charge is 0.222 e. The summed E-state index contributed by atoms with van der Waals surface area (Å²) in [5.74, 6) is 0.203. The first-order chi connectivity index (χ1) is 9.31. The van der Waals surface area contributed by atoms with E-state index in [1.54, 1.807) is 0 Å². The number of carbonyl (C=O) groups is 1. The summed E-state index contributed by atoms with van der Waals surface area (Å²) in [7, 11) is 0. The maximum absolute atomic E-state index is 12.2. The third-order valence-electron chi connectivity index (χ3n) is 3.88. The molecule has 2 rings (SSSR count). The fraction of sp³-hybridized carbons (Fsp3) is 0.562. The number of aryl methyl sites for hydroxylation is 1. The first-order valence-electron chi connectivity index (χ1n) is 7.25. The molecule has 1 aliphatic rings. The summed E-state index contributed by atoms with van der Waals surface area (Å²) in [5, 5.41) is 9.06. The monoisotopic (exact) mass is 261 g/mol. The van der Waals surface area contributed by atoms with Gasteiger partial charge in [0.1, 0.15) is 0 Å². The molecule has 1 saturated carbocycles. The zero-order valence-corrected chi connectivity index (χ0v) is 11.4. The zero-order valence-electron chi connectivity index (χ0n) is 11.4. The van der Waals surface area contributed by atoms with Crippen molar-refractivity contribution in [1.29, 1.82) is 0 Å². The molecule has 19 heavy (non-hydrogen) atoms. The average molecular weight is 261 g/mol. The van der Waals surface area contributed by atoms with Crippen molar-refractivity contribution >= 4 is 5.91 Å². The Morgan fingerprint density at radius 3 is 2.58 bits per heavy atom. The number of carbonyl (C=O) groups excluding carboxylic acids is 1. The van der Waals surface area contributed by atoms with Crippen molar-refractivity contribution in [2.24, 2.45) is 0 Å². The maximum Gasteiger partial charge on any atom is 0.222 e. The van der Waals surface area contributed by atoms with Gasteiger partial charge in [-0.15, -0.1) is 0 Å². The van der Waals surface area contributed by atoms with Crippen molar-refractivity contribution in [2.75, 3.05) is 13.2 Å². The van der Waals surface area contributed by atoms with Crippen LogP contribution in [0.1, 0.15) is 37.7 Å². The van der Waals surface area contributed by atoms with E-state index in [4.69, 9.17) is 5.11 Å². The van der Waals surface area contributed by atoms with Gasteiger partial charge in [0, 0.05) is 19.0 Å². The molecule has 0 radical (unpaired) electrons. The van der Waals surface area contributed by atoms with Gasteiger partial charge in [0.05, 0.1) is 6.61 Å². The van der Waals surface area contributed by atoms with Crippen LogP contribution in [-0.4, -0.2) is 35.1 Å². The molecular formula is C16H23NO2. The standard InChI is InChI=1S/C16H23NO2/c18-13-12-17(15-9-5-10-15)16(19)11-4-8-14-6-2-1-3-7-14/h1-3,6-7,15,18H,4-5,8-13H2. The van der Waals surface area contributed by atoms with Crippen molar-refractivity contribution < 1.29 is 9.90 Å². The summed E-state index contributed by atoms with van der Waals surface area (Å²) in [6, 6.07) is 10.7. The van der Waals surface area contributed by atoms with Gasteiger partial charge in [-0.3, -0.25) is 4.79 Å². The van der Waals surface area contributed by atoms with Gasteiger partial charge < -0.3 is 10.0 Å². The van der Waals surface area contributed by atoms with Crippen LogP contribution in [0.2, 0.25) is 0 Å². The predicted octanol–water partition coefficient (Wildman–Crippen LogP) is 2.38. The number of aliphatic hydroxyl groups is 1. The summed E-state index contributed by atoms with van der Waals surface area (Å²) in [6.45, 7) is 0.565. The van der Waals surface area contributed by atoms with Gasteiger partial charge in [0.25, 0.3) is 0 Å². The lowest BCUT2D eigenvalue weighted by molar-refractivity contribution is -0.136. The van der Waals surface area contributed by atoms with Gasteiger partial charge in [0.2, 0.25) is 5.91 Å². The molecule has 0 spiro atoms. The first-order valence-corrected chi connectivity index (χ1v) is 7.25. The van der Waals surface area contributed by atoms with E-state index in [-0.39, 0.29) is 12.5 Å². The van der Waals surface area contributed by atoms with Crippen LogP contribution in [0.4, 0.5) is 0 Å². The third kappa shape index (κ3) is 4.06. The Bertz CT molecular complexity index is 387. The van der Waals surface area contributed by atoms with E-state index in [1.807, 2.05) is 23.1 Å². The topological polar surface area (TPSA) is 40.5 Å². The van der Waals surface area contributed by atoms with E-state index < -0.39 is 0 Å². The number of rotatable bonds is 7. The highest BCUT2D eigenvalue weighted by Gasteiger charge is 2.27. The number of hydrogen-bond donors (Lipinski definition) is 1. The number of hydrogen-bond acceptors (Lipinski definition) is 2. The molecule has 1 aromatic carbocycles. The molecule has 0 bridgehead atoms. The molecule has 1 aliphatic carbocycles. The second kappa shape index (κ2) is 7.29. The van der Waals surface area contributed by atoms with Crippen molar-refractivity contribution in [3.8, 4) is 0 Å². The minimum Gasteiger partial charge on any atom is -0.395 e. The van der Waals surface area contributed by atoms with E-state index >= 15 is 0 Å². The molecule has 1 fully saturated rings. The summed E-state index contributed by atoms with van der Waals surface area (Å²) < 4.78 is 0. The molecule has 3 heteroatoms. The average Bonchev–Trinajstić information content (AvgIpc) is 2.37. The minimum atomic E-state index is 0.0704. The van der Waals surface area contributed by atoms with Crippen LogP contribution in [0.15, 0.2) is 30.3 Å². The Kier molecular flexibility index (Phi) is 5.40. The quantitative estimate of drug-likeness (QED) is 0.818. The van der Waals surface area contributed by atoms with E-state index in [0.29, 0.717) is 19.0 Å². The van der Waals surface area contributed by atoms with Crippen LogP contribution >= 0.6 is 0 Å². The summed E-state index contributed by atoms with van der Waals surface area (Å²) >= 11 is 0. The van der Waals surface area contributed by atoms with E-state index in [0.717, 1.165) is 25.7 Å². The van der Waals surface area contributed by atoms with Crippen LogP contribution < -0.4 is 0 Å². The highest BCUT2D eigenvalue weighted by atomic mass is 16.3. The van der Waals surface area contributed by atoms with E-state index in [9.17, 15) is 4.79 Å². The largest absolute Gasteiger partial charge is 0.395 e. The van der Waals surface area contributed by atoms with Crippen molar-refractivity contribution in [3.63, 3.8) is 0 Å². The lowest BCUT2D eigenvalue weighted by Gasteiger charge is -2.37. The third-order valence-corrected chi connectivity index (χ3v) is 3.88. The van der Waals surface area contributed by atoms with Gasteiger partial charge >= 0.3 is 0 Å². The normalized spacial score (nSPS) is 15.0. The lowest BCUT2D eigenvalue weighted by atomic mass is 9.91. The van der Waals surface area contributed by atoms with Crippen LogP contribution in [0.25, 0.3) is 0 Å². The number of aliphatic hydroxyl groups excluding tert-OH is 1. The van der Waals surface area contributed by atoms with E-state index in [1.165, 1.54) is 12.0 Å². The predicted molar refractivity (Wildman–Crippen MR) is 75.8 cm³/mol. The minimum absolute atomic E-state index is 0.0704. The number of amides is 1. The number of benzene rings is 1. The molecule has 1 N–H and O–H groups in total. The van der Waals surface area contributed by atoms with Gasteiger partial charge in [0.15, 0.2) is 0 Å². The highest BCUT2D eigenvalue weighted by molar-refractivity contribution is 5.76. The highest BCUT2D eigenvalue weighted by Crippen LogP contribution is 2.25. The molecule has 104 valence electrons. The van der Waals surface area contributed by atoms with Crippen LogP contribution in [0.5, 0.6) is 0 Å². The second-order valence-electron chi connectivity index (χ2n) is 5.23. The van der Waals surface area contributed by atoms with E-state index in [2.05, 4.69) is 12.1 Å². The Labute approximate surface area is 115 Å². The maximum atomic E-state index is 12.2. The summed E-state index contributed by atoms with van der Waals surface area (Å²) in [6.07, 6.45) is 5.84. The summed E-state index contributed by atoms with van der Waals surface area (Å²) in [4.78, 5) is 14.1. The molecule has 1 amide bonds. The fourth-order valence-corrected chi connectivity index (χ4v) is 2.55. The zero-order chi connectivity index (χ0) is 13.5. The Morgan fingerprint density at radius 1 is 1.26 bits per heavy atom. The Balaban J connectivity index is 1.75. The first kappa shape index (κ1) is 14.1. The van der Waals surface area contributed by atoms with Crippen molar-refractivity contribution in [1.82, 2.24) is 4.90 Å². The summed E-state index contributed by atoms with van der Waals surface area (Å²) in [5.41, 5.74) is 1.28. The van der Waals surface area contributed by atoms with Crippen molar-refractivity contribution in [2.45, 2.75) is 44.6 Å². The van der Waals surface area contributed by atoms with Gasteiger partial charge in [-0.25, -0.2) is 0 Å². The molecule has 0 aliphatic heterocycles. The van der Waals surface area contributed by atoms with Crippen molar-refractivity contribution in [3.05, 3.63) is 35.9 Å². The molecule has 1 aromatic rings. The lowest BCUT2D eigenvalue weighted by Crippen LogP contribution is -2.45. The molecule has 0 saturated heterocycles. The molecular weight excluding hydrogens is 238 g/mol. The van der Waals surface area contributed by atoms with Gasteiger partial charge in [-0.1, -0.05) is 30.3 Å². The molecule has 0 atom stereocenters. The van der Waals surface area contributed by atoms with Gasteiger partial charge in [-0.2, -0.15) is 0 Å².